The Morgan fingerprint density at radius 3 is 2.35 bits per heavy atom. The van der Waals surface area contributed by atoms with Crippen LogP contribution in [0.1, 0.15) is 106 Å². The molecule has 0 aliphatic heterocycles. The molecule has 1 heteroatoms. The van der Waals surface area contributed by atoms with Crippen LogP contribution in [0.5, 0.6) is 0 Å². The number of hydrogen-bond acceptors (Lipinski definition) is 1. The zero-order chi connectivity index (χ0) is 22.3. The summed E-state index contributed by atoms with van der Waals surface area (Å²) in [6.07, 6.45) is 14.4. The third-order valence-electron chi connectivity index (χ3n) is 12.8. The SMILES string of the molecule is CC(C)C(C)[C@@]1(C)C[C@@H]1[C@@H](C)[C@H]1CC[C@H]2[C@@H]3CC=C4C[C@@H](O)CC[C@]4(C)[C@H]3CC[C@]12C. The van der Waals surface area contributed by atoms with Gasteiger partial charge in [-0.1, -0.05) is 60.1 Å². The van der Waals surface area contributed by atoms with Crippen LogP contribution in [0.15, 0.2) is 11.6 Å². The third-order valence-corrected chi connectivity index (χ3v) is 12.8. The molecule has 176 valence electrons. The Morgan fingerprint density at radius 2 is 1.65 bits per heavy atom. The van der Waals surface area contributed by atoms with Crippen molar-refractivity contribution in [3.63, 3.8) is 0 Å². The predicted molar refractivity (Wildman–Crippen MR) is 131 cm³/mol. The maximum atomic E-state index is 10.3. The summed E-state index contributed by atoms with van der Waals surface area (Å²) < 4.78 is 0. The Bertz CT molecular complexity index is 737. The highest BCUT2D eigenvalue weighted by Gasteiger charge is 2.63. The number of aliphatic hydroxyl groups excluding tert-OH is 1. The summed E-state index contributed by atoms with van der Waals surface area (Å²) >= 11 is 0. The van der Waals surface area contributed by atoms with Gasteiger partial charge in [-0.15, -0.1) is 0 Å². The van der Waals surface area contributed by atoms with Crippen molar-refractivity contribution in [2.75, 3.05) is 0 Å². The van der Waals surface area contributed by atoms with Crippen molar-refractivity contribution in [1.29, 1.82) is 0 Å². The van der Waals surface area contributed by atoms with Crippen LogP contribution in [0.3, 0.4) is 0 Å². The lowest BCUT2D eigenvalue weighted by Gasteiger charge is -2.58. The molecule has 0 radical (unpaired) electrons. The van der Waals surface area contributed by atoms with Crippen LogP contribution in [-0.4, -0.2) is 11.2 Å². The van der Waals surface area contributed by atoms with Crippen LogP contribution in [-0.2, 0) is 0 Å². The average Bonchev–Trinajstić information content (AvgIpc) is 3.29. The molecule has 5 rings (SSSR count). The molecule has 1 nitrogen and oxygen atoms in total. The lowest BCUT2D eigenvalue weighted by Crippen LogP contribution is -2.51. The van der Waals surface area contributed by atoms with Gasteiger partial charge in [0.15, 0.2) is 0 Å². The van der Waals surface area contributed by atoms with E-state index in [9.17, 15) is 5.11 Å². The lowest BCUT2D eigenvalue weighted by molar-refractivity contribution is -0.0592. The molecule has 4 saturated carbocycles. The molecule has 5 aliphatic rings. The van der Waals surface area contributed by atoms with Crippen LogP contribution in [0.25, 0.3) is 0 Å². The summed E-state index contributed by atoms with van der Waals surface area (Å²) in [5, 5.41) is 10.3. The van der Waals surface area contributed by atoms with Crippen molar-refractivity contribution in [2.45, 2.75) is 112 Å². The summed E-state index contributed by atoms with van der Waals surface area (Å²) in [6.45, 7) is 17.9. The van der Waals surface area contributed by atoms with E-state index in [1.807, 2.05) is 0 Å². The number of allylic oxidation sites excluding steroid dienone is 1. The Morgan fingerprint density at radius 1 is 0.903 bits per heavy atom. The number of aliphatic hydroxyl groups is 1. The van der Waals surface area contributed by atoms with Gasteiger partial charge in [-0.3, -0.25) is 0 Å². The van der Waals surface area contributed by atoms with Gasteiger partial charge in [0, 0.05) is 0 Å². The number of rotatable bonds is 4. The van der Waals surface area contributed by atoms with Gasteiger partial charge in [-0.2, -0.15) is 0 Å². The van der Waals surface area contributed by atoms with Crippen LogP contribution in [0, 0.1) is 63.6 Å². The fourth-order valence-electron chi connectivity index (χ4n) is 10.3. The zero-order valence-corrected chi connectivity index (χ0v) is 21.6. The molecule has 0 spiro atoms. The van der Waals surface area contributed by atoms with Crippen molar-refractivity contribution in [2.24, 2.45) is 63.6 Å². The van der Waals surface area contributed by atoms with Gasteiger partial charge in [0.25, 0.3) is 0 Å². The first-order valence-electron chi connectivity index (χ1n) is 13.9. The van der Waals surface area contributed by atoms with E-state index in [4.69, 9.17) is 0 Å². The first kappa shape index (κ1) is 22.5. The fourth-order valence-corrected chi connectivity index (χ4v) is 10.3. The molecule has 0 aromatic heterocycles. The molecule has 0 amide bonds. The van der Waals surface area contributed by atoms with Gasteiger partial charge in [0.1, 0.15) is 0 Å². The smallest absolute Gasteiger partial charge is 0.0577 e. The van der Waals surface area contributed by atoms with E-state index in [1.165, 1.54) is 44.9 Å². The maximum Gasteiger partial charge on any atom is 0.0577 e. The van der Waals surface area contributed by atoms with Gasteiger partial charge in [-0.05, 0) is 121 Å². The monoisotopic (exact) mass is 426 g/mol. The summed E-state index contributed by atoms with van der Waals surface area (Å²) in [5.41, 5.74) is 3.17. The van der Waals surface area contributed by atoms with Gasteiger partial charge in [0.05, 0.1) is 6.10 Å². The molecule has 0 saturated heterocycles. The normalized spacial score (nSPS) is 53.3. The molecule has 0 aromatic carbocycles. The molecular formula is C30H50O. The van der Waals surface area contributed by atoms with E-state index in [0.29, 0.717) is 16.2 Å². The first-order chi connectivity index (χ1) is 14.5. The second-order valence-electron chi connectivity index (χ2n) is 14.1. The minimum Gasteiger partial charge on any atom is -0.393 e. The molecule has 4 fully saturated rings. The zero-order valence-electron chi connectivity index (χ0n) is 21.6. The Hall–Kier alpha value is -0.300. The van der Waals surface area contributed by atoms with Crippen molar-refractivity contribution < 1.29 is 5.11 Å². The Kier molecular flexibility index (Phi) is 5.33. The third kappa shape index (κ3) is 3.18. The predicted octanol–water partition coefficient (Wildman–Crippen LogP) is 7.88. The van der Waals surface area contributed by atoms with E-state index in [2.05, 4.69) is 54.5 Å². The van der Waals surface area contributed by atoms with E-state index >= 15 is 0 Å². The Balaban J connectivity index is 1.35. The quantitative estimate of drug-likeness (QED) is 0.453. The summed E-state index contributed by atoms with van der Waals surface area (Å²) in [4.78, 5) is 0. The Labute approximate surface area is 192 Å². The second kappa shape index (κ2) is 7.35. The van der Waals surface area contributed by atoms with Crippen LogP contribution < -0.4 is 0 Å². The molecule has 5 aliphatic carbocycles. The highest BCUT2D eigenvalue weighted by atomic mass is 16.3. The van der Waals surface area contributed by atoms with Gasteiger partial charge >= 0.3 is 0 Å². The van der Waals surface area contributed by atoms with E-state index in [1.54, 1.807) is 5.57 Å². The van der Waals surface area contributed by atoms with Crippen molar-refractivity contribution >= 4 is 0 Å². The van der Waals surface area contributed by atoms with E-state index in [0.717, 1.165) is 60.2 Å². The number of hydrogen-bond donors (Lipinski definition) is 1. The fraction of sp³-hybridized carbons (Fsp3) is 0.933. The maximum absolute atomic E-state index is 10.3. The highest BCUT2D eigenvalue weighted by molar-refractivity contribution is 5.25. The second-order valence-corrected chi connectivity index (χ2v) is 14.1. The lowest BCUT2D eigenvalue weighted by atomic mass is 9.47. The molecule has 1 unspecified atom stereocenters. The average molecular weight is 427 g/mol. The minimum atomic E-state index is -0.0810. The summed E-state index contributed by atoms with van der Waals surface area (Å²) in [7, 11) is 0. The molecule has 31 heavy (non-hydrogen) atoms. The van der Waals surface area contributed by atoms with Crippen LogP contribution >= 0.6 is 0 Å². The van der Waals surface area contributed by atoms with E-state index in [-0.39, 0.29) is 6.10 Å². The van der Waals surface area contributed by atoms with Crippen molar-refractivity contribution in [1.82, 2.24) is 0 Å². The van der Waals surface area contributed by atoms with Gasteiger partial charge in [0.2, 0.25) is 0 Å². The van der Waals surface area contributed by atoms with Gasteiger partial charge in [-0.25, -0.2) is 0 Å². The summed E-state index contributed by atoms with van der Waals surface area (Å²) in [6, 6.07) is 0. The van der Waals surface area contributed by atoms with Crippen molar-refractivity contribution in [3.8, 4) is 0 Å². The van der Waals surface area contributed by atoms with Crippen LogP contribution in [0.4, 0.5) is 0 Å². The van der Waals surface area contributed by atoms with Gasteiger partial charge < -0.3 is 5.11 Å². The topological polar surface area (TPSA) is 20.2 Å². The summed E-state index contributed by atoms with van der Waals surface area (Å²) in [5.74, 6) is 7.17. The molecular weight excluding hydrogens is 376 g/mol. The highest BCUT2D eigenvalue weighted by Crippen LogP contribution is 2.71. The molecule has 1 N–H and O–H groups in total. The molecule has 11 atom stereocenters. The number of fused-ring (bicyclic) bond motifs is 5. The molecule has 0 aromatic rings. The molecule has 0 heterocycles. The first-order valence-corrected chi connectivity index (χ1v) is 13.9. The van der Waals surface area contributed by atoms with Crippen LogP contribution in [0.2, 0.25) is 0 Å². The molecule has 0 bridgehead atoms. The van der Waals surface area contributed by atoms with E-state index < -0.39 is 0 Å². The standard InChI is InChI=1S/C30H50O/c1-18(2)20(4)30(7)17-27(30)19(3)24-10-11-25-23-9-8-21-16-22(31)12-14-28(21,5)26(23)13-15-29(24,25)6/h8,18-20,22-27,31H,9-17H2,1-7H3/t19-,20?,22-,23-,24+,25-,26-,27+,28-,29+,30+/m0/s1. The van der Waals surface area contributed by atoms with Crippen molar-refractivity contribution in [3.05, 3.63) is 11.6 Å². The minimum absolute atomic E-state index is 0.0810. The largest absolute Gasteiger partial charge is 0.393 e.